The average Bonchev–Trinajstić information content (AvgIpc) is 2.62. The first-order valence-corrected chi connectivity index (χ1v) is 8.45. The molecule has 0 saturated carbocycles. The van der Waals surface area contributed by atoms with Crippen LogP contribution in [0.15, 0.2) is 54.6 Å². The van der Waals surface area contributed by atoms with Gasteiger partial charge in [-0.05, 0) is 31.5 Å². The third kappa shape index (κ3) is 4.54. The fourth-order valence-corrected chi connectivity index (χ4v) is 2.45. The summed E-state index contributed by atoms with van der Waals surface area (Å²) in [5.74, 6) is 1.57. The van der Waals surface area contributed by atoms with Crippen molar-refractivity contribution in [2.45, 2.75) is 26.3 Å². The van der Waals surface area contributed by atoms with Crippen molar-refractivity contribution in [3.8, 4) is 17.5 Å². The standard InChI is InChI=1S/C20H20N6/c1-14(2)22-19-24-18(16-8-4-3-5-9-16)25-20(26-19)23-17-10-6-7-15(13-17)11-12-21/h3-10,13-14H,11H2,1-2H3,(H2,22,23,24,25,26). The molecule has 0 radical (unpaired) electrons. The topological polar surface area (TPSA) is 86.5 Å². The van der Waals surface area contributed by atoms with Crippen LogP contribution < -0.4 is 10.6 Å². The predicted molar refractivity (Wildman–Crippen MR) is 103 cm³/mol. The molecule has 0 aliphatic carbocycles. The van der Waals surface area contributed by atoms with E-state index in [1.165, 1.54) is 0 Å². The molecule has 3 aromatic rings. The first kappa shape index (κ1) is 17.4. The molecule has 130 valence electrons. The minimum atomic E-state index is 0.202. The molecule has 26 heavy (non-hydrogen) atoms. The van der Waals surface area contributed by atoms with Gasteiger partial charge in [-0.15, -0.1) is 0 Å². The largest absolute Gasteiger partial charge is 0.352 e. The van der Waals surface area contributed by atoms with Crippen LogP contribution in [0.1, 0.15) is 19.4 Å². The molecule has 0 atom stereocenters. The van der Waals surface area contributed by atoms with Crippen molar-refractivity contribution >= 4 is 17.6 Å². The molecule has 0 amide bonds. The van der Waals surface area contributed by atoms with Gasteiger partial charge in [0.05, 0.1) is 12.5 Å². The molecule has 2 N–H and O–H groups in total. The van der Waals surface area contributed by atoms with Gasteiger partial charge in [0, 0.05) is 17.3 Å². The number of benzene rings is 2. The number of nitrogens with one attached hydrogen (secondary N) is 2. The van der Waals surface area contributed by atoms with E-state index in [1.54, 1.807) is 0 Å². The summed E-state index contributed by atoms with van der Waals surface area (Å²) < 4.78 is 0. The summed E-state index contributed by atoms with van der Waals surface area (Å²) in [6.45, 7) is 4.06. The Labute approximate surface area is 153 Å². The minimum absolute atomic E-state index is 0.202. The minimum Gasteiger partial charge on any atom is -0.352 e. The van der Waals surface area contributed by atoms with Gasteiger partial charge in [-0.2, -0.15) is 20.2 Å². The Kier molecular flexibility index (Phi) is 5.40. The highest BCUT2D eigenvalue weighted by molar-refractivity contribution is 5.61. The number of nitriles is 1. The van der Waals surface area contributed by atoms with Crippen molar-refractivity contribution < 1.29 is 0 Å². The summed E-state index contributed by atoms with van der Waals surface area (Å²) in [7, 11) is 0. The van der Waals surface area contributed by atoms with Crippen molar-refractivity contribution in [1.82, 2.24) is 15.0 Å². The molecule has 6 heteroatoms. The van der Waals surface area contributed by atoms with Crippen LogP contribution in [0.5, 0.6) is 0 Å². The van der Waals surface area contributed by atoms with Crippen LogP contribution in [-0.4, -0.2) is 21.0 Å². The molecule has 0 aliphatic rings. The molecule has 1 heterocycles. The zero-order chi connectivity index (χ0) is 18.4. The van der Waals surface area contributed by atoms with Crippen LogP contribution in [0.2, 0.25) is 0 Å². The molecule has 3 rings (SSSR count). The van der Waals surface area contributed by atoms with Crippen molar-refractivity contribution in [2.24, 2.45) is 0 Å². The Bertz CT molecular complexity index is 915. The van der Waals surface area contributed by atoms with Gasteiger partial charge < -0.3 is 10.6 Å². The smallest absolute Gasteiger partial charge is 0.232 e. The summed E-state index contributed by atoms with van der Waals surface area (Å²) in [5.41, 5.74) is 2.69. The van der Waals surface area contributed by atoms with Crippen molar-refractivity contribution in [3.63, 3.8) is 0 Å². The van der Waals surface area contributed by atoms with E-state index < -0.39 is 0 Å². The zero-order valence-corrected chi connectivity index (χ0v) is 14.8. The summed E-state index contributed by atoms with van der Waals surface area (Å²) >= 11 is 0. The van der Waals surface area contributed by atoms with E-state index in [9.17, 15) is 0 Å². The van der Waals surface area contributed by atoms with Gasteiger partial charge in [-0.1, -0.05) is 42.5 Å². The monoisotopic (exact) mass is 344 g/mol. The van der Waals surface area contributed by atoms with Crippen LogP contribution in [-0.2, 0) is 6.42 Å². The van der Waals surface area contributed by atoms with Crippen LogP contribution in [0.25, 0.3) is 11.4 Å². The quantitative estimate of drug-likeness (QED) is 0.698. The fourth-order valence-electron chi connectivity index (χ4n) is 2.45. The molecule has 0 aliphatic heterocycles. The maximum absolute atomic E-state index is 8.87. The van der Waals surface area contributed by atoms with E-state index in [4.69, 9.17) is 5.26 Å². The van der Waals surface area contributed by atoms with Crippen LogP contribution in [0.3, 0.4) is 0 Å². The molecule has 1 aromatic heterocycles. The molecular formula is C20H20N6. The second-order valence-corrected chi connectivity index (χ2v) is 6.13. The number of rotatable bonds is 6. The summed E-state index contributed by atoms with van der Waals surface area (Å²) in [6.07, 6.45) is 0.363. The molecule has 0 saturated heterocycles. The van der Waals surface area contributed by atoms with Gasteiger partial charge in [0.25, 0.3) is 0 Å². The van der Waals surface area contributed by atoms with Crippen molar-refractivity contribution in [3.05, 3.63) is 60.2 Å². The SMILES string of the molecule is CC(C)Nc1nc(Nc2cccc(CC#N)c2)nc(-c2ccccc2)n1. The highest BCUT2D eigenvalue weighted by Gasteiger charge is 2.10. The van der Waals surface area contributed by atoms with E-state index in [-0.39, 0.29) is 6.04 Å². The summed E-state index contributed by atoms with van der Waals surface area (Å²) in [4.78, 5) is 13.5. The molecule has 0 fully saturated rings. The summed E-state index contributed by atoms with van der Waals surface area (Å²) in [6, 6.07) is 19.8. The normalized spacial score (nSPS) is 10.4. The van der Waals surface area contributed by atoms with Gasteiger partial charge in [-0.3, -0.25) is 0 Å². The van der Waals surface area contributed by atoms with Gasteiger partial charge in [-0.25, -0.2) is 0 Å². The number of aromatic nitrogens is 3. The maximum atomic E-state index is 8.87. The number of hydrogen-bond donors (Lipinski definition) is 2. The summed E-state index contributed by atoms with van der Waals surface area (Å²) in [5, 5.41) is 15.3. The predicted octanol–water partition coefficient (Wildman–Crippen LogP) is 4.17. The molecule has 2 aromatic carbocycles. The molecule has 0 bridgehead atoms. The van der Waals surface area contributed by atoms with Crippen LogP contribution in [0, 0.1) is 11.3 Å². The van der Waals surface area contributed by atoms with E-state index in [1.807, 2.05) is 68.4 Å². The lowest BCUT2D eigenvalue weighted by molar-refractivity contribution is 0.869. The number of anilines is 3. The first-order chi connectivity index (χ1) is 12.6. The van der Waals surface area contributed by atoms with E-state index >= 15 is 0 Å². The Morgan fingerprint density at radius 3 is 2.46 bits per heavy atom. The highest BCUT2D eigenvalue weighted by Crippen LogP contribution is 2.21. The van der Waals surface area contributed by atoms with E-state index in [2.05, 4.69) is 31.7 Å². The Morgan fingerprint density at radius 2 is 1.73 bits per heavy atom. The molecule has 6 nitrogen and oxygen atoms in total. The Morgan fingerprint density at radius 1 is 0.962 bits per heavy atom. The van der Waals surface area contributed by atoms with Gasteiger partial charge in [0.2, 0.25) is 11.9 Å². The van der Waals surface area contributed by atoms with Gasteiger partial charge in [0.1, 0.15) is 0 Å². The lowest BCUT2D eigenvalue weighted by Gasteiger charge is -2.12. The van der Waals surface area contributed by atoms with E-state index in [0.717, 1.165) is 16.8 Å². The Hall–Kier alpha value is -3.46. The number of nitrogens with zero attached hydrogens (tertiary/aromatic N) is 4. The number of hydrogen-bond acceptors (Lipinski definition) is 6. The maximum Gasteiger partial charge on any atom is 0.232 e. The zero-order valence-electron chi connectivity index (χ0n) is 14.8. The Balaban J connectivity index is 1.95. The van der Waals surface area contributed by atoms with Gasteiger partial charge >= 0.3 is 0 Å². The van der Waals surface area contributed by atoms with Crippen LogP contribution >= 0.6 is 0 Å². The third-order valence-electron chi connectivity index (χ3n) is 3.55. The second-order valence-electron chi connectivity index (χ2n) is 6.13. The lowest BCUT2D eigenvalue weighted by Crippen LogP contribution is -2.14. The molecular weight excluding hydrogens is 324 g/mol. The van der Waals surface area contributed by atoms with Crippen molar-refractivity contribution in [2.75, 3.05) is 10.6 Å². The fraction of sp³-hybridized carbons (Fsp3) is 0.200. The highest BCUT2D eigenvalue weighted by atomic mass is 15.2. The second kappa shape index (κ2) is 8.08. The molecule has 0 spiro atoms. The first-order valence-electron chi connectivity index (χ1n) is 8.45. The average molecular weight is 344 g/mol. The van der Waals surface area contributed by atoms with E-state index in [0.29, 0.717) is 24.1 Å². The van der Waals surface area contributed by atoms with Gasteiger partial charge in [0.15, 0.2) is 5.82 Å². The van der Waals surface area contributed by atoms with Crippen LogP contribution in [0.4, 0.5) is 17.6 Å². The van der Waals surface area contributed by atoms with Crippen molar-refractivity contribution in [1.29, 1.82) is 5.26 Å². The third-order valence-corrected chi connectivity index (χ3v) is 3.55. The molecule has 0 unspecified atom stereocenters. The lowest BCUT2D eigenvalue weighted by atomic mass is 10.1.